The zero-order valence-electron chi connectivity index (χ0n) is 12.1. The fourth-order valence-electron chi connectivity index (χ4n) is 4.31. The average molecular weight is 273 g/mol. The van der Waals surface area contributed by atoms with Crippen LogP contribution in [0, 0.1) is 11.3 Å². The summed E-state index contributed by atoms with van der Waals surface area (Å²) >= 11 is 0. The zero-order chi connectivity index (χ0) is 14.0. The molecule has 1 aliphatic heterocycles. The summed E-state index contributed by atoms with van der Waals surface area (Å²) in [4.78, 5) is 12.2. The average Bonchev–Trinajstić information content (AvgIpc) is 2.92. The van der Waals surface area contributed by atoms with Crippen molar-refractivity contribution in [3.63, 3.8) is 0 Å². The van der Waals surface area contributed by atoms with Crippen LogP contribution in [-0.2, 0) is 9.53 Å². The minimum Gasteiger partial charge on any atom is -0.469 e. The molecule has 2 fully saturated rings. The molecule has 1 aromatic rings. The van der Waals surface area contributed by atoms with Crippen LogP contribution in [0.5, 0.6) is 0 Å². The van der Waals surface area contributed by atoms with Crippen LogP contribution >= 0.6 is 0 Å². The molecule has 3 rings (SSSR count). The molecule has 1 N–H and O–H groups in total. The second kappa shape index (κ2) is 5.57. The molecule has 2 aliphatic rings. The molecule has 0 bridgehead atoms. The molecule has 1 aliphatic carbocycles. The molecule has 0 aromatic heterocycles. The van der Waals surface area contributed by atoms with Crippen LogP contribution in [0.3, 0.4) is 0 Å². The van der Waals surface area contributed by atoms with Crippen molar-refractivity contribution in [3.8, 4) is 0 Å². The van der Waals surface area contributed by atoms with Crippen molar-refractivity contribution in [1.82, 2.24) is 5.32 Å². The van der Waals surface area contributed by atoms with Crippen LogP contribution in [-0.4, -0.2) is 26.2 Å². The Hall–Kier alpha value is -1.35. The molecule has 3 atom stereocenters. The predicted octanol–water partition coefficient (Wildman–Crippen LogP) is 2.72. The van der Waals surface area contributed by atoms with Crippen LogP contribution in [0.4, 0.5) is 0 Å². The minimum absolute atomic E-state index is 0.00185. The highest BCUT2D eigenvalue weighted by Crippen LogP contribution is 2.53. The third-order valence-electron chi connectivity index (χ3n) is 5.26. The first-order chi connectivity index (χ1) is 9.78. The number of esters is 1. The molecule has 108 valence electrons. The first-order valence-corrected chi connectivity index (χ1v) is 7.61. The van der Waals surface area contributed by atoms with Crippen LogP contribution in [0.25, 0.3) is 0 Å². The van der Waals surface area contributed by atoms with Gasteiger partial charge < -0.3 is 10.1 Å². The maximum absolute atomic E-state index is 12.2. The zero-order valence-corrected chi connectivity index (χ0v) is 12.1. The Bertz CT molecular complexity index is 473. The number of carbonyl (C=O) groups is 1. The number of hydrogen-bond acceptors (Lipinski definition) is 3. The third-order valence-corrected chi connectivity index (χ3v) is 5.26. The largest absolute Gasteiger partial charge is 0.469 e. The van der Waals surface area contributed by atoms with Crippen LogP contribution < -0.4 is 5.32 Å². The number of methoxy groups -OCH3 is 1. The van der Waals surface area contributed by atoms with Gasteiger partial charge in [-0.15, -0.1) is 0 Å². The molecular weight excluding hydrogens is 250 g/mol. The summed E-state index contributed by atoms with van der Waals surface area (Å²) < 4.78 is 5.07. The van der Waals surface area contributed by atoms with E-state index in [1.807, 2.05) is 0 Å². The van der Waals surface area contributed by atoms with Crippen molar-refractivity contribution < 1.29 is 9.53 Å². The standard InChI is InChI=1S/C17H23NO2/c1-20-16(19)15-11-18-12-17(15)10-6-5-9-14(17)13-7-3-2-4-8-13/h2-4,7-8,14-15,18H,5-6,9-12H2,1H3. The molecule has 0 amide bonds. The van der Waals surface area contributed by atoms with Gasteiger partial charge in [0.15, 0.2) is 0 Å². The fourth-order valence-corrected chi connectivity index (χ4v) is 4.31. The summed E-state index contributed by atoms with van der Waals surface area (Å²) in [5.74, 6) is 0.424. The van der Waals surface area contributed by atoms with Gasteiger partial charge in [0.2, 0.25) is 0 Å². The number of hydrogen-bond donors (Lipinski definition) is 1. The molecule has 3 heteroatoms. The summed E-state index contributed by atoms with van der Waals surface area (Å²) in [6.07, 6.45) is 4.78. The molecule has 3 nitrogen and oxygen atoms in total. The van der Waals surface area contributed by atoms with Crippen molar-refractivity contribution in [2.75, 3.05) is 20.2 Å². The molecule has 1 saturated heterocycles. The SMILES string of the molecule is COC(=O)C1CNCC12CCCCC2c1ccccc1. The molecule has 1 aromatic carbocycles. The van der Waals surface area contributed by atoms with E-state index >= 15 is 0 Å². The van der Waals surface area contributed by atoms with E-state index in [1.165, 1.54) is 31.9 Å². The first-order valence-electron chi connectivity index (χ1n) is 7.61. The number of ether oxygens (including phenoxy) is 1. The Morgan fingerprint density at radius 3 is 2.85 bits per heavy atom. The Morgan fingerprint density at radius 1 is 1.30 bits per heavy atom. The highest BCUT2D eigenvalue weighted by molar-refractivity contribution is 5.74. The highest BCUT2D eigenvalue weighted by Gasteiger charge is 2.53. The quantitative estimate of drug-likeness (QED) is 0.842. The van der Waals surface area contributed by atoms with E-state index in [-0.39, 0.29) is 17.3 Å². The van der Waals surface area contributed by atoms with E-state index in [9.17, 15) is 4.79 Å². The maximum atomic E-state index is 12.2. The van der Waals surface area contributed by atoms with Crippen molar-refractivity contribution in [2.45, 2.75) is 31.6 Å². The van der Waals surface area contributed by atoms with E-state index in [0.29, 0.717) is 5.92 Å². The lowest BCUT2D eigenvalue weighted by Crippen LogP contribution is -2.42. The van der Waals surface area contributed by atoms with Crippen molar-refractivity contribution in [3.05, 3.63) is 35.9 Å². The second-order valence-electron chi connectivity index (χ2n) is 6.15. The highest BCUT2D eigenvalue weighted by atomic mass is 16.5. The Balaban J connectivity index is 1.97. The van der Waals surface area contributed by atoms with E-state index in [0.717, 1.165) is 19.5 Å². The van der Waals surface area contributed by atoms with Gasteiger partial charge in [0.1, 0.15) is 0 Å². The smallest absolute Gasteiger partial charge is 0.310 e. The molecular formula is C17H23NO2. The van der Waals surface area contributed by atoms with E-state index in [2.05, 4.69) is 35.6 Å². The molecule has 3 unspecified atom stereocenters. The first kappa shape index (κ1) is 13.6. The maximum Gasteiger partial charge on any atom is 0.310 e. The van der Waals surface area contributed by atoms with Gasteiger partial charge >= 0.3 is 5.97 Å². The number of carbonyl (C=O) groups excluding carboxylic acids is 1. The Labute approximate surface area is 120 Å². The summed E-state index contributed by atoms with van der Waals surface area (Å²) in [5.41, 5.74) is 1.43. The van der Waals surface area contributed by atoms with Crippen LogP contribution in [0.1, 0.15) is 37.2 Å². The van der Waals surface area contributed by atoms with Crippen molar-refractivity contribution in [1.29, 1.82) is 0 Å². The van der Waals surface area contributed by atoms with E-state index < -0.39 is 0 Å². The topological polar surface area (TPSA) is 38.3 Å². The van der Waals surface area contributed by atoms with Crippen LogP contribution in [0.15, 0.2) is 30.3 Å². The minimum atomic E-state index is -0.0437. The number of rotatable bonds is 2. The van der Waals surface area contributed by atoms with E-state index in [1.54, 1.807) is 0 Å². The number of nitrogens with one attached hydrogen (secondary N) is 1. The molecule has 1 heterocycles. The molecule has 20 heavy (non-hydrogen) atoms. The van der Waals surface area contributed by atoms with Gasteiger partial charge in [0.05, 0.1) is 13.0 Å². The van der Waals surface area contributed by atoms with Crippen LogP contribution in [0.2, 0.25) is 0 Å². The fraction of sp³-hybridized carbons (Fsp3) is 0.588. The lowest BCUT2D eigenvalue weighted by atomic mass is 9.59. The summed E-state index contributed by atoms with van der Waals surface area (Å²) in [6, 6.07) is 10.7. The van der Waals surface area contributed by atoms with Gasteiger partial charge in [-0.05, 0) is 24.3 Å². The summed E-state index contributed by atoms with van der Waals surface area (Å²) in [5, 5.41) is 3.45. The van der Waals surface area contributed by atoms with Gasteiger partial charge in [0.25, 0.3) is 0 Å². The molecule has 1 spiro atoms. The lowest BCUT2D eigenvalue weighted by Gasteiger charge is -2.44. The van der Waals surface area contributed by atoms with Gasteiger partial charge in [-0.3, -0.25) is 4.79 Å². The van der Waals surface area contributed by atoms with E-state index in [4.69, 9.17) is 4.74 Å². The van der Waals surface area contributed by atoms with Gasteiger partial charge in [-0.1, -0.05) is 43.2 Å². The van der Waals surface area contributed by atoms with Crippen molar-refractivity contribution >= 4 is 5.97 Å². The third kappa shape index (κ3) is 2.14. The summed E-state index contributed by atoms with van der Waals surface area (Å²) in [6.45, 7) is 1.70. The Morgan fingerprint density at radius 2 is 2.10 bits per heavy atom. The predicted molar refractivity (Wildman–Crippen MR) is 78.5 cm³/mol. The molecule has 1 saturated carbocycles. The van der Waals surface area contributed by atoms with Gasteiger partial charge in [0, 0.05) is 18.5 Å². The summed E-state index contributed by atoms with van der Waals surface area (Å²) in [7, 11) is 1.51. The number of benzene rings is 1. The van der Waals surface area contributed by atoms with Crippen molar-refractivity contribution in [2.24, 2.45) is 11.3 Å². The van der Waals surface area contributed by atoms with Gasteiger partial charge in [-0.2, -0.15) is 0 Å². The van der Waals surface area contributed by atoms with Gasteiger partial charge in [-0.25, -0.2) is 0 Å². The Kier molecular flexibility index (Phi) is 3.79. The molecule has 0 radical (unpaired) electrons. The monoisotopic (exact) mass is 273 g/mol. The normalized spacial score (nSPS) is 33.2. The lowest BCUT2D eigenvalue weighted by molar-refractivity contribution is -0.149. The second-order valence-corrected chi connectivity index (χ2v) is 6.15.